The fourth-order valence-electron chi connectivity index (χ4n) is 1.22. The van der Waals surface area contributed by atoms with Crippen LogP contribution in [0, 0.1) is 0 Å². The molecule has 0 aromatic heterocycles. The van der Waals surface area contributed by atoms with Crippen molar-refractivity contribution in [2.24, 2.45) is 11.5 Å². The minimum Gasteiger partial charge on any atom is -0.392 e. The SMILES string of the molecule is NC1CCC(O)C(N)C1. The summed E-state index contributed by atoms with van der Waals surface area (Å²) in [4.78, 5) is 0. The summed E-state index contributed by atoms with van der Waals surface area (Å²) >= 11 is 0. The number of hydrogen-bond donors (Lipinski definition) is 3. The second-order valence-corrected chi connectivity index (χ2v) is 2.80. The van der Waals surface area contributed by atoms with Gasteiger partial charge >= 0.3 is 0 Å². The topological polar surface area (TPSA) is 72.3 Å². The molecule has 1 aliphatic carbocycles. The zero-order valence-electron chi connectivity index (χ0n) is 5.46. The predicted molar refractivity (Wildman–Crippen MR) is 35.8 cm³/mol. The lowest BCUT2D eigenvalue weighted by Gasteiger charge is -2.28. The molecule has 0 radical (unpaired) electrons. The van der Waals surface area contributed by atoms with Gasteiger partial charge in [-0.15, -0.1) is 0 Å². The van der Waals surface area contributed by atoms with E-state index in [-0.39, 0.29) is 18.2 Å². The molecule has 1 aliphatic rings. The van der Waals surface area contributed by atoms with Crippen LogP contribution in [0.3, 0.4) is 0 Å². The third kappa shape index (κ3) is 1.64. The zero-order chi connectivity index (χ0) is 6.85. The van der Waals surface area contributed by atoms with Crippen molar-refractivity contribution in [3.05, 3.63) is 0 Å². The molecule has 3 unspecified atom stereocenters. The Labute approximate surface area is 55.0 Å². The first-order valence-electron chi connectivity index (χ1n) is 3.39. The van der Waals surface area contributed by atoms with Crippen molar-refractivity contribution in [2.45, 2.75) is 37.5 Å². The van der Waals surface area contributed by atoms with E-state index in [1.807, 2.05) is 0 Å². The minimum atomic E-state index is -0.315. The lowest BCUT2D eigenvalue weighted by Crippen LogP contribution is -2.44. The Hall–Kier alpha value is -0.120. The van der Waals surface area contributed by atoms with E-state index in [1.165, 1.54) is 0 Å². The maximum Gasteiger partial charge on any atom is 0.0692 e. The van der Waals surface area contributed by atoms with Gasteiger partial charge in [0.2, 0.25) is 0 Å². The first-order chi connectivity index (χ1) is 4.20. The van der Waals surface area contributed by atoms with E-state index in [1.54, 1.807) is 0 Å². The second kappa shape index (κ2) is 2.64. The molecule has 3 nitrogen and oxygen atoms in total. The van der Waals surface area contributed by atoms with Gasteiger partial charge in [0.25, 0.3) is 0 Å². The summed E-state index contributed by atoms with van der Waals surface area (Å²) in [5.41, 5.74) is 11.1. The maximum absolute atomic E-state index is 9.11. The number of aliphatic hydroxyl groups excluding tert-OH is 1. The fraction of sp³-hybridized carbons (Fsp3) is 1.00. The van der Waals surface area contributed by atoms with Crippen LogP contribution in [0.1, 0.15) is 19.3 Å². The molecule has 0 heterocycles. The molecule has 0 bridgehead atoms. The molecule has 3 atom stereocenters. The Morgan fingerprint density at radius 1 is 1.22 bits per heavy atom. The van der Waals surface area contributed by atoms with Crippen LogP contribution in [-0.2, 0) is 0 Å². The molecule has 3 heteroatoms. The first-order valence-corrected chi connectivity index (χ1v) is 3.39. The van der Waals surface area contributed by atoms with Gasteiger partial charge in [0.1, 0.15) is 0 Å². The van der Waals surface area contributed by atoms with Crippen molar-refractivity contribution in [3.63, 3.8) is 0 Å². The van der Waals surface area contributed by atoms with Crippen LogP contribution in [0.15, 0.2) is 0 Å². The highest BCUT2D eigenvalue weighted by Gasteiger charge is 2.23. The lowest BCUT2D eigenvalue weighted by atomic mass is 9.90. The summed E-state index contributed by atoms with van der Waals surface area (Å²) in [5, 5.41) is 9.11. The standard InChI is InChI=1S/C6H14N2O/c7-4-1-2-6(9)5(8)3-4/h4-6,9H,1-3,7-8H2. The van der Waals surface area contributed by atoms with E-state index in [2.05, 4.69) is 0 Å². The van der Waals surface area contributed by atoms with Gasteiger partial charge in [-0.3, -0.25) is 0 Å². The summed E-state index contributed by atoms with van der Waals surface area (Å²) in [6.45, 7) is 0. The first kappa shape index (κ1) is 6.99. The van der Waals surface area contributed by atoms with Gasteiger partial charge in [-0.25, -0.2) is 0 Å². The van der Waals surface area contributed by atoms with Crippen molar-refractivity contribution in [1.82, 2.24) is 0 Å². The highest BCUT2D eigenvalue weighted by molar-refractivity contribution is 4.83. The summed E-state index contributed by atoms with van der Waals surface area (Å²) in [6, 6.07) is 0.122. The van der Waals surface area contributed by atoms with Crippen LogP contribution in [-0.4, -0.2) is 23.3 Å². The van der Waals surface area contributed by atoms with Gasteiger partial charge in [-0.05, 0) is 19.3 Å². The normalized spacial score (nSPS) is 45.0. The summed E-state index contributed by atoms with van der Waals surface area (Å²) in [7, 11) is 0. The highest BCUT2D eigenvalue weighted by Crippen LogP contribution is 2.15. The van der Waals surface area contributed by atoms with E-state index in [0.29, 0.717) is 0 Å². The van der Waals surface area contributed by atoms with Crippen molar-refractivity contribution in [1.29, 1.82) is 0 Å². The van der Waals surface area contributed by atoms with Gasteiger partial charge in [-0.1, -0.05) is 0 Å². The molecule has 1 rings (SSSR count). The number of rotatable bonds is 0. The zero-order valence-corrected chi connectivity index (χ0v) is 5.46. The smallest absolute Gasteiger partial charge is 0.0692 e. The maximum atomic E-state index is 9.11. The third-order valence-electron chi connectivity index (χ3n) is 1.90. The summed E-state index contributed by atoms with van der Waals surface area (Å²) in [5.74, 6) is 0. The van der Waals surface area contributed by atoms with Gasteiger partial charge < -0.3 is 16.6 Å². The van der Waals surface area contributed by atoms with Crippen molar-refractivity contribution in [2.75, 3.05) is 0 Å². The largest absolute Gasteiger partial charge is 0.392 e. The second-order valence-electron chi connectivity index (χ2n) is 2.80. The predicted octanol–water partition coefficient (Wildman–Crippen LogP) is -0.814. The van der Waals surface area contributed by atoms with Crippen molar-refractivity contribution < 1.29 is 5.11 Å². The van der Waals surface area contributed by atoms with Crippen LogP contribution in [0.5, 0.6) is 0 Å². The Bertz CT molecular complexity index is 97.1. The average molecular weight is 130 g/mol. The van der Waals surface area contributed by atoms with Crippen LogP contribution < -0.4 is 11.5 Å². The number of nitrogens with two attached hydrogens (primary N) is 2. The monoisotopic (exact) mass is 130 g/mol. The van der Waals surface area contributed by atoms with Crippen LogP contribution in [0.2, 0.25) is 0 Å². The molecule has 0 saturated heterocycles. The number of hydrogen-bond acceptors (Lipinski definition) is 3. The minimum absolute atomic E-state index is 0.0891. The highest BCUT2D eigenvalue weighted by atomic mass is 16.3. The molecule has 54 valence electrons. The van der Waals surface area contributed by atoms with Crippen LogP contribution in [0.4, 0.5) is 0 Å². The molecule has 1 saturated carbocycles. The molecule has 9 heavy (non-hydrogen) atoms. The van der Waals surface area contributed by atoms with Gasteiger partial charge in [0.15, 0.2) is 0 Å². The third-order valence-corrected chi connectivity index (χ3v) is 1.90. The number of aliphatic hydroxyl groups is 1. The van der Waals surface area contributed by atoms with Gasteiger partial charge in [0, 0.05) is 12.1 Å². The van der Waals surface area contributed by atoms with Crippen LogP contribution in [0.25, 0.3) is 0 Å². The Morgan fingerprint density at radius 3 is 2.33 bits per heavy atom. The fourth-order valence-corrected chi connectivity index (χ4v) is 1.22. The van der Waals surface area contributed by atoms with Crippen LogP contribution >= 0.6 is 0 Å². The molecular formula is C6H14N2O. The quantitative estimate of drug-likeness (QED) is 0.401. The van der Waals surface area contributed by atoms with Crippen molar-refractivity contribution in [3.8, 4) is 0 Å². The molecule has 0 amide bonds. The molecule has 5 N–H and O–H groups in total. The van der Waals surface area contributed by atoms with E-state index < -0.39 is 0 Å². The average Bonchev–Trinajstić information content (AvgIpc) is 1.80. The summed E-state index contributed by atoms with van der Waals surface area (Å²) < 4.78 is 0. The van der Waals surface area contributed by atoms with E-state index >= 15 is 0 Å². The van der Waals surface area contributed by atoms with Gasteiger partial charge in [0.05, 0.1) is 6.10 Å². The van der Waals surface area contributed by atoms with E-state index in [4.69, 9.17) is 16.6 Å². The van der Waals surface area contributed by atoms with Gasteiger partial charge in [-0.2, -0.15) is 0 Å². The Morgan fingerprint density at radius 2 is 1.89 bits per heavy atom. The van der Waals surface area contributed by atoms with E-state index in [9.17, 15) is 0 Å². The van der Waals surface area contributed by atoms with Crippen molar-refractivity contribution >= 4 is 0 Å². The molecule has 0 aromatic rings. The Balaban J connectivity index is 2.35. The molecule has 0 aromatic carbocycles. The van der Waals surface area contributed by atoms with E-state index in [0.717, 1.165) is 19.3 Å². The summed E-state index contributed by atoms with van der Waals surface area (Å²) in [6.07, 6.45) is 2.13. The Kier molecular flexibility index (Phi) is 2.05. The lowest BCUT2D eigenvalue weighted by molar-refractivity contribution is 0.101. The molecule has 0 aliphatic heterocycles. The molecule has 1 fully saturated rings. The molecular weight excluding hydrogens is 116 g/mol. The molecule has 0 spiro atoms.